The van der Waals surface area contributed by atoms with Gasteiger partial charge in [-0.25, -0.2) is 4.39 Å². The summed E-state index contributed by atoms with van der Waals surface area (Å²) in [4.78, 5) is 35.0. The van der Waals surface area contributed by atoms with Crippen LogP contribution in [0.5, 0.6) is 5.75 Å². The number of aromatic nitrogens is 2. The van der Waals surface area contributed by atoms with Gasteiger partial charge in [0.05, 0.1) is 42.7 Å². The molecule has 4 aromatic rings. The number of rotatable bonds is 4. The number of halogens is 1. The van der Waals surface area contributed by atoms with E-state index < -0.39 is 17.8 Å². The van der Waals surface area contributed by atoms with Gasteiger partial charge in [-0.1, -0.05) is 24.3 Å². The highest BCUT2D eigenvalue weighted by molar-refractivity contribution is 6.20. The molecule has 168 valence electrons. The van der Waals surface area contributed by atoms with Crippen LogP contribution in [-0.4, -0.2) is 51.4 Å². The zero-order chi connectivity index (χ0) is 23.3. The highest BCUT2D eigenvalue weighted by Crippen LogP contribution is 2.35. The first-order valence-corrected chi connectivity index (χ1v) is 10.6. The number of Topliss-reactive ketones (excluding diaryl/α,β-unsaturated/α-hetero) is 1. The van der Waals surface area contributed by atoms with Gasteiger partial charge in [0.15, 0.2) is 17.3 Å². The van der Waals surface area contributed by atoms with Gasteiger partial charge >= 0.3 is 0 Å². The van der Waals surface area contributed by atoms with E-state index >= 15 is 0 Å². The van der Waals surface area contributed by atoms with Crippen LogP contribution in [0.3, 0.4) is 0 Å². The minimum atomic E-state index is -1.21. The lowest BCUT2D eigenvalue weighted by Gasteiger charge is -2.29. The second kappa shape index (κ2) is 7.97. The van der Waals surface area contributed by atoms with E-state index in [2.05, 4.69) is 4.98 Å². The first-order valence-electron chi connectivity index (χ1n) is 10.6. The van der Waals surface area contributed by atoms with E-state index in [0.29, 0.717) is 28.9 Å². The van der Waals surface area contributed by atoms with E-state index in [-0.39, 0.29) is 24.6 Å². The van der Waals surface area contributed by atoms with Gasteiger partial charge in [0.1, 0.15) is 6.10 Å². The summed E-state index contributed by atoms with van der Waals surface area (Å²) >= 11 is 0. The fourth-order valence-corrected chi connectivity index (χ4v) is 4.50. The number of amides is 1. The van der Waals surface area contributed by atoms with Gasteiger partial charge in [0, 0.05) is 22.7 Å². The molecule has 0 spiro atoms. The highest BCUT2D eigenvalue weighted by atomic mass is 19.1. The topological polar surface area (TPSA) is 95.5 Å². The molecule has 0 saturated heterocycles. The third-order valence-electron chi connectivity index (χ3n) is 6.01. The minimum absolute atomic E-state index is 0.115. The van der Waals surface area contributed by atoms with Gasteiger partial charge in [0.25, 0.3) is 5.91 Å². The van der Waals surface area contributed by atoms with Gasteiger partial charge in [-0.05, 0) is 30.7 Å². The lowest BCUT2D eigenvalue weighted by atomic mass is 9.95. The van der Waals surface area contributed by atoms with Crippen LogP contribution in [0.2, 0.25) is 0 Å². The number of nitrogens with one attached hydrogen (secondary N) is 1. The molecule has 33 heavy (non-hydrogen) atoms. The van der Waals surface area contributed by atoms with Crippen molar-refractivity contribution in [3.63, 3.8) is 0 Å². The number of hydrogen-bond donors (Lipinski definition) is 2. The Morgan fingerprint density at radius 1 is 1.27 bits per heavy atom. The molecule has 0 unspecified atom stereocenters. The normalized spacial score (nSPS) is 14.5. The summed E-state index contributed by atoms with van der Waals surface area (Å²) in [6.07, 6.45) is -0.895. The number of ether oxygens (including phenoxy) is 1. The van der Waals surface area contributed by atoms with Crippen LogP contribution in [0.4, 0.5) is 4.39 Å². The number of H-pyrrole nitrogens is 1. The second-order valence-electron chi connectivity index (χ2n) is 8.24. The van der Waals surface area contributed by atoms with Crippen LogP contribution in [0.1, 0.15) is 34.2 Å². The summed E-state index contributed by atoms with van der Waals surface area (Å²) in [5, 5.41) is 11.4. The SMILES string of the molecule is COc1ccc(Cc2nc3c(c4c2[nH]c2ccccc24)C(=O)CN(C(=O)[C@H](C)O)C3)cc1F. The number of aliphatic hydroxyl groups is 1. The Balaban J connectivity index is 1.70. The Bertz CT molecular complexity index is 1430. The summed E-state index contributed by atoms with van der Waals surface area (Å²) in [5.74, 6) is -1.06. The number of pyridine rings is 1. The maximum absolute atomic E-state index is 14.3. The van der Waals surface area contributed by atoms with Crippen LogP contribution in [0, 0.1) is 5.82 Å². The van der Waals surface area contributed by atoms with Gasteiger partial charge in [-0.3, -0.25) is 14.6 Å². The molecule has 8 heteroatoms. The molecule has 1 aliphatic rings. The summed E-state index contributed by atoms with van der Waals surface area (Å²) in [5.41, 5.74) is 3.88. The van der Waals surface area contributed by atoms with Crippen molar-refractivity contribution in [2.45, 2.75) is 26.0 Å². The molecule has 5 rings (SSSR count). The Kier molecular flexibility index (Phi) is 5.09. The average molecular weight is 447 g/mol. The van der Waals surface area contributed by atoms with E-state index in [1.807, 2.05) is 24.3 Å². The number of aromatic amines is 1. The van der Waals surface area contributed by atoms with Crippen LogP contribution in [0.25, 0.3) is 21.8 Å². The van der Waals surface area contributed by atoms with Crippen molar-refractivity contribution in [2.24, 2.45) is 0 Å². The van der Waals surface area contributed by atoms with Crippen molar-refractivity contribution < 1.29 is 23.8 Å². The van der Waals surface area contributed by atoms with Crippen LogP contribution >= 0.6 is 0 Å². The van der Waals surface area contributed by atoms with Crippen LogP contribution < -0.4 is 4.74 Å². The van der Waals surface area contributed by atoms with Gasteiger partial charge in [-0.2, -0.15) is 0 Å². The molecule has 7 nitrogen and oxygen atoms in total. The quantitative estimate of drug-likeness (QED) is 0.500. The lowest BCUT2D eigenvalue weighted by molar-refractivity contribution is -0.139. The highest BCUT2D eigenvalue weighted by Gasteiger charge is 2.32. The number of hydrogen-bond acceptors (Lipinski definition) is 5. The molecule has 0 bridgehead atoms. The maximum Gasteiger partial charge on any atom is 0.251 e. The smallest absolute Gasteiger partial charge is 0.251 e. The predicted octanol–water partition coefficient (Wildman–Crippen LogP) is 3.36. The van der Waals surface area contributed by atoms with Crippen molar-refractivity contribution in [1.29, 1.82) is 0 Å². The number of para-hydroxylation sites is 1. The van der Waals surface area contributed by atoms with Crippen molar-refractivity contribution in [3.8, 4) is 5.75 Å². The standard InChI is InChI=1S/C25H22FN3O4/c1-13(30)25(32)29-11-19-23(20(31)12-29)22-15-5-3-4-6-17(15)28-24(22)18(27-19)10-14-7-8-21(33-2)16(26)9-14/h3-9,13,28,30H,10-12H2,1-2H3/t13-/m0/s1. The fraction of sp³-hybridized carbons (Fsp3) is 0.240. The monoisotopic (exact) mass is 447 g/mol. The number of nitrogens with zero attached hydrogens (tertiary/aromatic N) is 2. The third-order valence-corrected chi connectivity index (χ3v) is 6.01. The second-order valence-corrected chi connectivity index (χ2v) is 8.24. The molecule has 2 N–H and O–H groups in total. The largest absolute Gasteiger partial charge is 0.494 e. The number of fused-ring (bicyclic) bond motifs is 5. The molecule has 0 radical (unpaired) electrons. The minimum Gasteiger partial charge on any atom is -0.494 e. The number of benzene rings is 2. The zero-order valence-electron chi connectivity index (χ0n) is 18.2. The summed E-state index contributed by atoms with van der Waals surface area (Å²) < 4.78 is 19.3. The average Bonchev–Trinajstić information content (AvgIpc) is 3.18. The molecule has 0 aliphatic carbocycles. The molecule has 2 aromatic carbocycles. The first-order chi connectivity index (χ1) is 15.9. The summed E-state index contributed by atoms with van der Waals surface area (Å²) in [7, 11) is 1.41. The van der Waals surface area contributed by atoms with E-state index in [1.54, 1.807) is 12.1 Å². The van der Waals surface area contributed by atoms with Crippen molar-refractivity contribution in [3.05, 3.63) is 70.8 Å². The Morgan fingerprint density at radius 2 is 2.06 bits per heavy atom. The number of carbonyl (C=O) groups is 2. The Labute approximate surface area is 188 Å². The van der Waals surface area contributed by atoms with E-state index in [4.69, 9.17) is 9.72 Å². The van der Waals surface area contributed by atoms with Crippen LogP contribution in [0.15, 0.2) is 42.5 Å². The third kappa shape index (κ3) is 3.52. The maximum atomic E-state index is 14.3. The van der Waals surface area contributed by atoms with E-state index in [9.17, 15) is 19.1 Å². The molecule has 0 saturated carbocycles. The van der Waals surface area contributed by atoms with E-state index in [0.717, 1.165) is 21.8 Å². The zero-order valence-corrected chi connectivity index (χ0v) is 18.2. The van der Waals surface area contributed by atoms with Crippen LogP contribution in [-0.2, 0) is 17.8 Å². The van der Waals surface area contributed by atoms with E-state index in [1.165, 1.54) is 25.0 Å². The molecular formula is C25H22FN3O4. The Hall–Kier alpha value is -3.78. The molecule has 1 aliphatic heterocycles. The molecule has 1 atom stereocenters. The summed E-state index contributed by atoms with van der Waals surface area (Å²) in [6, 6.07) is 12.4. The number of ketones is 1. The van der Waals surface area contributed by atoms with Gasteiger partial charge in [0.2, 0.25) is 0 Å². The van der Waals surface area contributed by atoms with Crippen molar-refractivity contribution in [2.75, 3.05) is 13.7 Å². The number of carbonyl (C=O) groups excluding carboxylic acids is 2. The number of methoxy groups -OCH3 is 1. The predicted molar refractivity (Wildman–Crippen MR) is 121 cm³/mol. The molecule has 1 amide bonds. The molecule has 2 aromatic heterocycles. The fourth-order valence-electron chi connectivity index (χ4n) is 4.50. The van der Waals surface area contributed by atoms with Crippen molar-refractivity contribution in [1.82, 2.24) is 14.9 Å². The molecule has 0 fully saturated rings. The van der Waals surface area contributed by atoms with Gasteiger partial charge in [-0.15, -0.1) is 0 Å². The summed E-state index contributed by atoms with van der Waals surface area (Å²) in [6.45, 7) is 1.38. The van der Waals surface area contributed by atoms with Gasteiger partial charge < -0.3 is 19.7 Å². The molecule has 3 heterocycles. The first kappa shape index (κ1) is 21.1. The lowest BCUT2D eigenvalue weighted by Crippen LogP contribution is -2.44. The Morgan fingerprint density at radius 3 is 2.79 bits per heavy atom. The molecular weight excluding hydrogens is 425 g/mol. The number of aliphatic hydroxyl groups excluding tert-OH is 1. The van der Waals surface area contributed by atoms with Crippen molar-refractivity contribution >= 4 is 33.5 Å².